The number of nitrogens with zero attached hydrogens (tertiary/aromatic N) is 1. The van der Waals surface area contributed by atoms with E-state index in [1.165, 1.54) is 141 Å². The third-order valence-corrected chi connectivity index (χ3v) is 11.3. The smallest absolute Gasteiger partial charge is 0.0102 e. The van der Waals surface area contributed by atoms with Gasteiger partial charge in [-0.25, -0.2) is 0 Å². The fourth-order valence-corrected chi connectivity index (χ4v) is 8.90. The van der Waals surface area contributed by atoms with Gasteiger partial charge in [0.2, 0.25) is 0 Å². The summed E-state index contributed by atoms with van der Waals surface area (Å²) in [5.41, 5.74) is 0. The van der Waals surface area contributed by atoms with Crippen LogP contribution in [-0.2, 0) is 0 Å². The summed E-state index contributed by atoms with van der Waals surface area (Å²) in [5, 5.41) is 0. The highest BCUT2D eigenvalue weighted by atomic mass is 15.2. The Labute approximate surface area is 224 Å². The second-order valence-corrected chi connectivity index (χ2v) is 14.1. The minimum Gasteiger partial charge on any atom is -0.294 e. The normalized spacial score (nSPS) is 38.3. The predicted octanol–water partition coefficient (Wildman–Crippen LogP) is 10.3. The van der Waals surface area contributed by atoms with E-state index in [2.05, 4.69) is 36.1 Å². The van der Waals surface area contributed by atoms with Crippen LogP contribution in [0.5, 0.6) is 0 Å². The molecule has 5 saturated carbocycles. The van der Waals surface area contributed by atoms with E-state index in [0.717, 1.165) is 47.7 Å². The van der Waals surface area contributed by atoms with E-state index in [1.807, 2.05) is 0 Å². The van der Waals surface area contributed by atoms with Gasteiger partial charge in [-0.3, -0.25) is 4.90 Å². The van der Waals surface area contributed by atoms with E-state index in [-0.39, 0.29) is 0 Å². The third-order valence-electron chi connectivity index (χ3n) is 11.3. The van der Waals surface area contributed by atoms with Crippen molar-refractivity contribution in [2.45, 2.75) is 166 Å². The molecule has 0 radical (unpaired) electrons. The largest absolute Gasteiger partial charge is 0.294 e. The van der Waals surface area contributed by atoms with E-state index >= 15 is 0 Å². The maximum atomic E-state index is 3.17. The van der Waals surface area contributed by atoms with E-state index in [1.54, 1.807) is 0 Å². The van der Waals surface area contributed by atoms with Crippen LogP contribution in [-0.4, -0.2) is 23.0 Å². The summed E-state index contributed by atoms with van der Waals surface area (Å²) in [6, 6.07) is 2.64. The third kappa shape index (κ3) is 7.74. The Hall–Kier alpha value is -0.560. The molecule has 0 amide bonds. The fraction of sp³-hybridized carbons (Fsp3) is 0.886. The van der Waals surface area contributed by atoms with Crippen molar-refractivity contribution in [2.24, 2.45) is 29.6 Å². The Morgan fingerprint density at radius 2 is 0.667 bits per heavy atom. The van der Waals surface area contributed by atoms with Crippen LogP contribution in [0.1, 0.15) is 148 Å². The van der Waals surface area contributed by atoms with Crippen LogP contribution < -0.4 is 0 Å². The van der Waals surface area contributed by atoms with Crippen LogP contribution in [0.15, 0.2) is 24.3 Å². The fourth-order valence-electron chi connectivity index (χ4n) is 8.90. The van der Waals surface area contributed by atoms with Crippen molar-refractivity contribution < 1.29 is 0 Å². The molecule has 0 aromatic carbocycles. The van der Waals surface area contributed by atoms with Gasteiger partial charge in [0.15, 0.2) is 0 Å². The van der Waals surface area contributed by atoms with E-state index < -0.39 is 0 Å². The number of rotatable bonds is 7. The van der Waals surface area contributed by atoms with Crippen molar-refractivity contribution >= 4 is 0 Å². The zero-order valence-corrected chi connectivity index (χ0v) is 23.9. The molecule has 0 aliphatic heterocycles. The van der Waals surface area contributed by atoms with Gasteiger partial charge >= 0.3 is 0 Å². The molecule has 5 fully saturated rings. The monoisotopic (exact) mass is 493 g/mol. The molecule has 0 spiro atoms. The van der Waals surface area contributed by atoms with Crippen LogP contribution in [0.4, 0.5) is 0 Å². The van der Waals surface area contributed by atoms with Gasteiger partial charge in [-0.2, -0.15) is 0 Å². The van der Waals surface area contributed by atoms with Gasteiger partial charge in [0.25, 0.3) is 0 Å². The summed E-state index contributed by atoms with van der Waals surface area (Å²) < 4.78 is 0. The maximum Gasteiger partial charge on any atom is 0.0102 e. The zero-order chi connectivity index (χ0) is 24.6. The first kappa shape index (κ1) is 27.0. The molecule has 0 saturated heterocycles. The molecule has 0 aromatic rings. The lowest BCUT2D eigenvalue weighted by atomic mass is 9.77. The molecule has 0 atom stereocenters. The lowest BCUT2D eigenvalue weighted by Gasteiger charge is -2.49. The molecule has 5 rings (SSSR count). The van der Waals surface area contributed by atoms with E-state index in [4.69, 9.17) is 0 Å². The molecule has 5 aliphatic rings. The molecule has 1 nitrogen and oxygen atoms in total. The second-order valence-electron chi connectivity index (χ2n) is 14.1. The molecular weight excluding hydrogens is 434 g/mol. The van der Waals surface area contributed by atoms with Crippen LogP contribution in [0.2, 0.25) is 0 Å². The van der Waals surface area contributed by atoms with Crippen molar-refractivity contribution in [3.63, 3.8) is 0 Å². The van der Waals surface area contributed by atoms with Crippen molar-refractivity contribution in [1.29, 1.82) is 0 Å². The zero-order valence-electron chi connectivity index (χ0n) is 23.9. The predicted molar refractivity (Wildman–Crippen MR) is 156 cm³/mol. The van der Waals surface area contributed by atoms with Gasteiger partial charge in [-0.15, -0.1) is 0 Å². The van der Waals surface area contributed by atoms with E-state index in [9.17, 15) is 0 Å². The van der Waals surface area contributed by atoms with Gasteiger partial charge in [-0.05, 0) is 132 Å². The summed E-state index contributed by atoms with van der Waals surface area (Å²) in [5.74, 6) is 4.51. The molecule has 1 heteroatoms. The number of hydrogen-bond donors (Lipinski definition) is 0. The van der Waals surface area contributed by atoms with Crippen molar-refractivity contribution in [2.75, 3.05) is 0 Å². The average molecular weight is 494 g/mol. The van der Waals surface area contributed by atoms with Gasteiger partial charge in [0.1, 0.15) is 0 Å². The van der Waals surface area contributed by atoms with Crippen molar-refractivity contribution in [1.82, 2.24) is 4.90 Å². The highest BCUT2D eigenvalue weighted by molar-refractivity contribution is 5.00. The Morgan fingerprint density at radius 3 is 1.03 bits per heavy atom. The standard InChI is InChI=1S/C35H59N/c1-28-12-22-33(23-13-28)36(34-24-18-31(19-25-34)16-14-29-8-4-2-5-9-29)35-26-20-32(21-27-35)17-15-30-10-6-3-7-11-30/h14-17,28-35H,2-13,18-27H2,1H3/b16-14+,17-15+. The lowest BCUT2D eigenvalue weighted by Crippen LogP contribution is -2.52. The molecule has 0 aromatic heterocycles. The van der Waals surface area contributed by atoms with Gasteiger partial charge in [0.05, 0.1) is 0 Å². The quantitative estimate of drug-likeness (QED) is 0.319. The average Bonchev–Trinajstić information content (AvgIpc) is 2.94. The Kier molecular flexibility index (Phi) is 10.5. The lowest BCUT2D eigenvalue weighted by molar-refractivity contribution is 0.00950. The highest BCUT2D eigenvalue weighted by Crippen LogP contribution is 2.40. The van der Waals surface area contributed by atoms with Gasteiger partial charge in [-0.1, -0.05) is 69.8 Å². The van der Waals surface area contributed by atoms with Gasteiger partial charge in [0, 0.05) is 18.1 Å². The van der Waals surface area contributed by atoms with Gasteiger partial charge < -0.3 is 0 Å². The Bertz CT molecular complexity index is 609. The molecule has 5 aliphatic carbocycles. The first-order valence-electron chi connectivity index (χ1n) is 16.9. The highest BCUT2D eigenvalue weighted by Gasteiger charge is 2.37. The second kappa shape index (κ2) is 14.0. The number of hydrogen-bond acceptors (Lipinski definition) is 1. The topological polar surface area (TPSA) is 3.24 Å². The SMILES string of the molecule is CC1CCC(N(C2CCC(/C=C/C3CCCCC3)CC2)C2CCC(/C=C/C3CCCCC3)CC2)CC1. The molecular formula is C35H59N. The Balaban J connectivity index is 1.14. The van der Waals surface area contributed by atoms with E-state index in [0.29, 0.717) is 0 Å². The first-order chi connectivity index (χ1) is 17.7. The summed E-state index contributed by atoms with van der Waals surface area (Å²) in [6.07, 6.45) is 42.8. The van der Waals surface area contributed by atoms with Crippen molar-refractivity contribution in [3.05, 3.63) is 24.3 Å². The molecule has 204 valence electrons. The maximum absolute atomic E-state index is 3.17. The first-order valence-corrected chi connectivity index (χ1v) is 16.9. The Morgan fingerprint density at radius 1 is 0.361 bits per heavy atom. The number of allylic oxidation sites excluding steroid dienone is 4. The van der Waals surface area contributed by atoms with Crippen LogP contribution in [0.25, 0.3) is 0 Å². The van der Waals surface area contributed by atoms with Crippen LogP contribution in [0.3, 0.4) is 0 Å². The molecule has 0 unspecified atom stereocenters. The van der Waals surface area contributed by atoms with Crippen LogP contribution in [0, 0.1) is 29.6 Å². The summed E-state index contributed by atoms with van der Waals surface area (Å²) in [6.45, 7) is 2.49. The molecule has 0 N–H and O–H groups in total. The summed E-state index contributed by atoms with van der Waals surface area (Å²) in [4.78, 5) is 3.17. The van der Waals surface area contributed by atoms with Crippen LogP contribution >= 0.6 is 0 Å². The summed E-state index contributed by atoms with van der Waals surface area (Å²) >= 11 is 0. The van der Waals surface area contributed by atoms with Crippen molar-refractivity contribution in [3.8, 4) is 0 Å². The molecule has 36 heavy (non-hydrogen) atoms. The minimum absolute atomic E-state index is 0.872. The molecule has 0 bridgehead atoms. The summed E-state index contributed by atoms with van der Waals surface area (Å²) in [7, 11) is 0. The molecule has 0 heterocycles. The minimum atomic E-state index is 0.872.